The Labute approximate surface area is 171 Å². The molecular formula is C19H30ClN5OS. The van der Waals surface area contributed by atoms with Gasteiger partial charge in [0.15, 0.2) is 5.16 Å². The van der Waals surface area contributed by atoms with E-state index < -0.39 is 0 Å². The maximum Gasteiger partial charge on any atom is 0.230 e. The maximum atomic E-state index is 12.1. The summed E-state index contributed by atoms with van der Waals surface area (Å²) in [6, 6.07) is 2.48. The Morgan fingerprint density at radius 1 is 1.26 bits per heavy atom. The number of nitrogens with zero attached hydrogens (tertiary/aromatic N) is 4. The largest absolute Gasteiger partial charge is 0.356 e. The molecule has 8 heteroatoms. The highest BCUT2D eigenvalue weighted by Crippen LogP contribution is 2.24. The van der Waals surface area contributed by atoms with Gasteiger partial charge < -0.3 is 15.1 Å². The first kappa shape index (κ1) is 20.7. The monoisotopic (exact) mass is 411 g/mol. The molecule has 0 aliphatic carbocycles. The number of rotatable bonds is 8. The summed E-state index contributed by atoms with van der Waals surface area (Å²) in [5.74, 6) is 1.21. The lowest BCUT2D eigenvalue weighted by Gasteiger charge is -2.33. The van der Waals surface area contributed by atoms with Crippen LogP contribution in [0.4, 0.5) is 5.82 Å². The van der Waals surface area contributed by atoms with Crippen molar-refractivity contribution in [3.63, 3.8) is 0 Å². The Morgan fingerprint density at radius 3 is 2.81 bits per heavy atom. The molecule has 2 fully saturated rings. The smallest absolute Gasteiger partial charge is 0.230 e. The Hall–Kier alpha value is -1.05. The van der Waals surface area contributed by atoms with Crippen molar-refractivity contribution in [3.8, 4) is 0 Å². The van der Waals surface area contributed by atoms with E-state index in [0.29, 0.717) is 22.1 Å². The fourth-order valence-electron chi connectivity index (χ4n) is 3.74. The van der Waals surface area contributed by atoms with Crippen molar-refractivity contribution < 1.29 is 4.79 Å². The van der Waals surface area contributed by atoms with E-state index in [1.807, 2.05) is 0 Å². The third kappa shape index (κ3) is 6.50. The van der Waals surface area contributed by atoms with Crippen molar-refractivity contribution in [2.24, 2.45) is 0 Å². The van der Waals surface area contributed by atoms with E-state index in [9.17, 15) is 4.79 Å². The molecule has 0 bridgehead atoms. The van der Waals surface area contributed by atoms with Crippen LogP contribution in [0.3, 0.4) is 0 Å². The molecule has 2 aliphatic rings. The van der Waals surface area contributed by atoms with Gasteiger partial charge in [0, 0.05) is 38.3 Å². The lowest BCUT2D eigenvalue weighted by atomic mass is 10.0. The number of piperidine rings is 1. The lowest BCUT2D eigenvalue weighted by Crippen LogP contribution is -2.39. The standard InChI is InChI=1S/C19H30ClN5OS/c1-15-7-2-3-9-24(15)12-6-8-21-18(26)14-27-19-22-16(20)13-17(23-19)25-10-4-5-11-25/h13,15H,2-12,14H2,1H3,(H,21,26). The van der Waals surface area contributed by atoms with Gasteiger partial charge >= 0.3 is 0 Å². The molecule has 6 nitrogen and oxygen atoms in total. The molecule has 0 aromatic carbocycles. The van der Waals surface area contributed by atoms with Crippen molar-refractivity contribution >= 4 is 35.1 Å². The molecule has 0 spiro atoms. The first-order chi connectivity index (χ1) is 13.1. The second-order valence-electron chi connectivity index (χ2n) is 7.40. The second-order valence-corrected chi connectivity index (χ2v) is 8.73. The molecule has 3 rings (SSSR count). The summed E-state index contributed by atoms with van der Waals surface area (Å²) in [7, 11) is 0. The number of thioether (sulfide) groups is 1. The third-order valence-electron chi connectivity index (χ3n) is 5.31. The van der Waals surface area contributed by atoms with Crippen molar-refractivity contribution in [3.05, 3.63) is 11.2 Å². The molecular weight excluding hydrogens is 382 g/mol. The summed E-state index contributed by atoms with van der Waals surface area (Å²) in [4.78, 5) is 25.7. The van der Waals surface area contributed by atoms with Gasteiger partial charge in [-0.2, -0.15) is 0 Å². The summed E-state index contributed by atoms with van der Waals surface area (Å²) in [6.07, 6.45) is 7.30. The van der Waals surface area contributed by atoms with E-state index in [4.69, 9.17) is 11.6 Å². The van der Waals surface area contributed by atoms with E-state index in [-0.39, 0.29) is 5.91 Å². The number of amides is 1. The number of carbonyl (C=O) groups excluding carboxylic acids is 1. The minimum Gasteiger partial charge on any atom is -0.356 e. The molecule has 0 saturated carbocycles. The first-order valence-electron chi connectivity index (χ1n) is 10.0. The van der Waals surface area contributed by atoms with Gasteiger partial charge in [-0.05, 0) is 45.6 Å². The van der Waals surface area contributed by atoms with E-state index in [1.54, 1.807) is 6.07 Å². The zero-order valence-corrected chi connectivity index (χ0v) is 17.7. The molecule has 1 N–H and O–H groups in total. The molecule has 150 valence electrons. The topological polar surface area (TPSA) is 61.4 Å². The highest BCUT2D eigenvalue weighted by molar-refractivity contribution is 7.99. The fraction of sp³-hybridized carbons (Fsp3) is 0.737. The van der Waals surface area contributed by atoms with Crippen LogP contribution in [0.1, 0.15) is 45.4 Å². The molecule has 2 saturated heterocycles. The predicted molar refractivity (Wildman–Crippen MR) is 112 cm³/mol. The van der Waals surface area contributed by atoms with E-state index in [2.05, 4.69) is 32.0 Å². The summed E-state index contributed by atoms with van der Waals surface area (Å²) in [5.41, 5.74) is 0. The maximum absolute atomic E-state index is 12.1. The minimum absolute atomic E-state index is 0.0259. The summed E-state index contributed by atoms with van der Waals surface area (Å²) in [6.45, 7) is 7.29. The van der Waals surface area contributed by atoms with Gasteiger partial charge in [0.1, 0.15) is 11.0 Å². The molecule has 27 heavy (non-hydrogen) atoms. The number of nitrogens with one attached hydrogen (secondary N) is 1. The molecule has 1 atom stereocenters. The first-order valence-corrected chi connectivity index (χ1v) is 11.4. The van der Waals surface area contributed by atoms with E-state index in [1.165, 1.54) is 50.4 Å². The Balaban J connectivity index is 1.37. The van der Waals surface area contributed by atoms with Crippen molar-refractivity contribution in [2.75, 3.05) is 43.4 Å². The Morgan fingerprint density at radius 2 is 2.04 bits per heavy atom. The van der Waals surface area contributed by atoms with Crippen LogP contribution in [0.5, 0.6) is 0 Å². The van der Waals surface area contributed by atoms with Crippen LogP contribution in [-0.4, -0.2) is 65.3 Å². The highest BCUT2D eigenvalue weighted by Gasteiger charge is 2.18. The van der Waals surface area contributed by atoms with Gasteiger partial charge in [-0.15, -0.1) is 0 Å². The van der Waals surface area contributed by atoms with Crippen LogP contribution in [0.25, 0.3) is 0 Å². The van der Waals surface area contributed by atoms with Crippen LogP contribution < -0.4 is 10.2 Å². The third-order valence-corrected chi connectivity index (χ3v) is 6.35. The van der Waals surface area contributed by atoms with Gasteiger partial charge in [0.2, 0.25) is 5.91 Å². The number of halogens is 1. The average Bonchev–Trinajstić information content (AvgIpc) is 3.19. The van der Waals surface area contributed by atoms with Crippen molar-refractivity contribution in [1.82, 2.24) is 20.2 Å². The number of aromatic nitrogens is 2. The fourth-order valence-corrected chi connectivity index (χ4v) is 4.65. The molecule has 1 unspecified atom stereocenters. The predicted octanol–water partition coefficient (Wildman–Crippen LogP) is 3.20. The number of hydrogen-bond donors (Lipinski definition) is 1. The normalized spacial score (nSPS) is 20.8. The van der Waals surface area contributed by atoms with Gasteiger partial charge in [-0.25, -0.2) is 9.97 Å². The quantitative estimate of drug-likeness (QED) is 0.307. The summed E-state index contributed by atoms with van der Waals surface area (Å²) >= 11 is 7.48. The number of hydrogen-bond acceptors (Lipinski definition) is 6. The van der Waals surface area contributed by atoms with E-state index in [0.717, 1.165) is 38.4 Å². The summed E-state index contributed by atoms with van der Waals surface area (Å²) in [5, 5.41) is 4.01. The molecule has 3 heterocycles. The van der Waals surface area contributed by atoms with Crippen LogP contribution in [0.15, 0.2) is 11.2 Å². The molecule has 0 radical (unpaired) electrons. The SMILES string of the molecule is CC1CCCCN1CCCNC(=O)CSc1nc(Cl)cc(N2CCCC2)n1. The highest BCUT2D eigenvalue weighted by atomic mass is 35.5. The molecule has 1 amide bonds. The van der Waals surface area contributed by atoms with Gasteiger partial charge in [0.05, 0.1) is 5.75 Å². The van der Waals surface area contributed by atoms with Gasteiger partial charge in [-0.3, -0.25) is 4.79 Å². The van der Waals surface area contributed by atoms with Crippen LogP contribution in [0, 0.1) is 0 Å². The number of anilines is 1. The second kappa shape index (κ2) is 10.5. The van der Waals surface area contributed by atoms with Crippen molar-refractivity contribution in [1.29, 1.82) is 0 Å². The molecule has 1 aromatic heterocycles. The average molecular weight is 412 g/mol. The molecule has 2 aliphatic heterocycles. The van der Waals surface area contributed by atoms with Crippen LogP contribution >= 0.6 is 23.4 Å². The zero-order chi connectivity index (χ0) is 19.1. The van der Waals surface area contributed by atoms with E-state index >= 15 is 0 Å². The van der Waals surface area contributed by atoms with Crippen LogP contribution in [0.2, 0.25) is 5.15 Å². The lowest BCUT2D eigenvalue weighted by molar-refractivity contribution is -0.118. The molecule has 1 aromatic rings. The van der Waals surface area contributed by atoms with Gasteiger partial charge in [0.25, 0.3) is 0 Å². The zero-order valence-electron chi connectivity index (χ0n) is 16.1. The van der Waals surface area contributed by atoms with Crippen LogP contribution in [-0.2, 0) is 4.79 Å². The number of carbonyl (C=O) groups is 1. The number of likely N-dealkylation sites (tertiary alicyclic amines) is 1. The minimum atomic E-state index is 0.0259. The van der Waals surface area contributed by atoms with Gasteiger partial charge in [-0.1, -0.05) is 29.8 Å². The van der Waals surface area contributed by atoms with Crippen molar-refractivity contribution in [2.45, 2.75) is 56.6 Å². The Bertz CT molecular complexity index is 626. The Kier molecular flexibility index (Phi) is 8.03. The summed E-state index contributed by atoms with van der Waals surface area (Å²) < 4.78 is 0.